The molecule has 0 spiro atoms. The molecule has 0 bridgehead atoms. The van der Waals surface area contributed by atoms with Gasteiger partial charge in [-0.05, 0) is 12.1 Å². The van der Waals surface area contributed by atoms with Crippen molar-refractivity contribution in [1.29, 1.82) is 0 Å². The van der Waals surface area contributed by atoms with Crippen LogP contribution in [0.2, 0.25) is 0 Å². The Morgan fingerprint density at radius 2 is 2.13 bits per heavy atom. The summed E-state index contributed by atoms with van der Waals surface area (Å²) in [4.78, 5) is 11.1. The van der Waals surface area contributed by atoms with Crippen molar-refractivity contribution in [3.8, 4) is 5.75 Å². The van der Waals surface area contributed by atoms with Gasteiger partial charge in [0.2, 0.25) is 0 Å². The van der Waals surface area contributed by atoms with Crippen LogP contribution in [0, 0.1) is 5.82 Å². The minimum atomic E-state index is -0.509. The van der Waals surface area contributed by atoms with Crippen LogP contribution in [0.5, 0.6) is 5.75 Å². The fourth-order valence-electron chi connectivity index (χ4n) is 1.20. The van der Waals surface area contributed by atoms with Gasteiger partial charge in [-0.2, -0.15) is 0 Å². The Labute approximate surface area is 95.3 Å². The number of hydrogen-bond donors (Lipinski definition) is 0. The molecule has 82 valence electrons. The zero-order valence-electron chi connectivity index (χ0n) is 8.34. The summed E-state index contributed by atoms with van der Waals surface area (Å²) in [5, 5.41) is 0. The minimum absolute atomic E-state index is 0.0178. The van der Waals surface area contributed by atoms with Crippen LogP contribution < -0.4 is 4.74 Å². The number of ether oxygens (including phenoxy) is 2. The van der Waals surface area contributed by atoms with E-state index < -0.39 is 11.8 Å². The van der Waals surface area contributed by atoms with Crippen molar-refractivity contribution in [3.05, 3.63) is 28.0 Å². The van der Waals surface area contributed by atoms with Crippen molar-refractivity contribution in [3.63, 3.8) is 0 Å². The molecule has 0 N–H and O–H groups in total. The summed E-state index contributed by atoms with van der Waals surface area (Å²) in [6.45, 7) is 0. The summed E-state index contributed by atoms with van der Waals surface area (Å²) >= 11 is 3.14. The van der Waals surface area contributed by atoms with E-state index in [-0.39, 0.29) is 12.2 Å². The van der Waals surface area contributed by atoms with Crippen LogP contribution in [0.1, 0.15) is 5.56 Å². The Morgan fingerprint density at radius 3 is 2.67 bits per heavy atom. The molecule has 0 aromatic heterocycles. The predicted molar refractivity (Wildman–Crippen MR) is 56.4 cm³/mol. The SMILES string of the molecule is COC(=O)Cc1cc(Br)cc(F)c1OC. The summed E-state index contributed by atoms with van der Waals surface area (Å²) in [6, 6.07) is 2.90. The maximum atomic E-state index is 13.4. The molecule has 5 heteroatoms. The Kier molecular flexibility index (Phi) is 4.08. The van der Waals surface area contributed by atoms with E-state index in [1.165, 1.54) is 20.3 Å². The van der Waals surface area contributed by atoms with E-state index in [1.807, 2.05) is 0 Å². The van der Waals surface area contributed by atoms with Gasteiger partial charge < -0.3 is 9.47 Å². The lowest BCUT2D eigenvalue weighted by atomic mass is 10.1. The summed E-state index contributed by atoms with van der Waals surface area (Å²) < 4.78 is 23.3. The highest BCUT2D eigenvalue weighted by molar-refractivity contribution is 9.10. The van der Waals surface area contributed by atoms with Gasteiger partial charge >= 0.3 is 5.97 Å². The molecule has 0 saturated heterocycles. The highest BCUT2D eigenvalue weighted by atomic mass is 79.9. The van der Waals surface area contributed by atoms with Crippen LogP contribution in [0.15, 0.2) is 16.6 Å². The molecule has 0 radical (unpaired) electrons. The molecule has 0 aliphatic heterocycles. The maximum Gasteiger partial charge on any atom is 0.310 e. The van der Waals surface area contributed by atoms with E-state index in [2.05, 4.69) is 20.7 Å². The van der Waals surface area contributed by atoms with E-state index in [4.69, 9.17) is 4.74 Å². The van der Waals surface area contributed by atoms with Gasteiger partial charge in [0.1, 0.15) is 0 Å². The number of hydrogen-bond acceptors (Lipinski definition) is 3. The van der Waals surface area contributed by atoms with Crippen LogP contribution in [-0.2, 0) is 16.0 Å². The van der Waals surface area contributed by atoms with E-state index in [0.717, 1.165) is 0 Å². The maximum absolute atomic E-state index is 13.4. The van der Waals surface area contributed by atoms with Gasteiger partial charge in [0.15, 0.2) is 11.6 Å². The van der Waals surface area contributed by atoms with Gasteiger partial charge in [-0.15, -0.1) is 0 Å². The molecule has 1 aromatic carbocycles. The highest BCUT2D eigenvalue weighted by Gasteiger charge is 2.14. The molecule has 0 unspecified atom stereocenters. The number of rotatable bonds is 3. The third-order valence-corrected chi connectivity index (χ3v) is 2.31. The molecule has 0 atom stereocenters. The van der Waals surface area contributed by atoms with Crippen LogP contribution in [0.25, 0.3) is 0 Å². The van der Waals surface area contributed by atoms with E-state index >= 15 is 0 Å². The largest absolute Gasteiger partial charge is 0.493 e. The molecule has 15 heavy (non-hydrogen) atoms. The summed E-state index contributed by atoms with van der Waals surface area (Å²) in [7, 11) is 2.64. The summed E-state index contributed by atoms with van der Waals surface area (Å²) in [5.41, 5.74) is 0.455. The molecule has 0 aliphatic carbocycles. The number of halogens is 2. The molecule has 0 aliphatic rings. The zero-order chi connectivity index (χ0) is 11.4. The summed E-state index contributed by atoms with van der Waals surface area (Å²) in [5.74, 6) is -0.875. The summed E-state index contributed by atoms with van der Waals surface area (Å²) in [6.07, 6.45) is -0.0178. The third kappa shape index (κ3) is 2.92. The third-order valence-electron chi connectivity index (χ3n) is 1.85. The van der Waals surface area contributed by atoms with Gasteiger partial charge in [-0.1, -0.05) is 15.9 Å². The molecule has 0 heterocycles. The van der Waals surface area contributed by atoms with Crippen molar-refractivity contribution in [2.45, 2.75) is 6.42 Å². The molecular formula is C10H10BrFO3. The van der Waals surface area contributed by atoms with Gasteiger partial charge in [0.25, 0.3) is 0 Å². The normalized spacial score (nSPS) is 9.87. The lowest BCUT2D eigenvalue weighted by Gasteiger charge is -2.09. The Morgan fingerprint density at radius 1 is 1.47 bits per heavy atom. The lowest BCUT2D eigenvalue weighted by Crippen LogP contribution is -2.06. The average Bonchev–Trinajstić information content (AvgIpc) is 2.17. The smallest absolute Gasteiger partial charge is 0.310 e. The van der Waals surface area contributed by atoms with E-state index in [1.54, 1.807) is 6.07 Å². The first kappa shape index (κ1) is 12.0. The predicted octanol–water partition coefficient (Wildman–Crippen LogP) is 2.31. The second kappa shape index (κ2) is 5.11. The lowest BCUT2D eigenvalue weighted by molar-refractivity contribution is -0.139. The minimum Gasteiger partial charge on any atom is -0.493 e. The Hall–Kier alpha value is -1.10. The Bertz CT molecular complexity index is 379. The van der Waals surface area contributed by atoms with Crippen LogP contribution in [0.3, 0.4) is 0 Å². The van der Waals surface area contributed by atoms with Crippen LogP contribution in [0.4, 0.5) is 4.39 Å². The number of carbonyl (C=O) groups is 1. The van der Waals surface area contributed by atoms with Crippen LogP contribution in [-0.4, -0.2) is 20.2 Å². The van der Waals surface area contributed by atoms with Crippen LogP contribution >= 0.6 is 15.9 Å². The standard InChI is InChI=1S/C10H10BrFO3/c1-14-9(13)4-6-3-7(11)5-8(12)10(6)15-2/h3,5H,4H2,1-2H3. The first-order chi connectivity index (χ1) is 7.08. The van der Waals surface area contributed by atoms with Crippen molar-refractivity contribution < 1.29 is 18.7 Å². The topological polar surface area (TPSA) is 35.5 Å². The van der Waals surface area contributed by atoms with Gasteiger partial charge in [-0.3, -0.25) is 4.79 Å². The second-order valence-electron chi connectivity index (χ2n) is 2.83. The molecule has 0 amide bonds. The molecule has 3 nitrogen and oxygen atoms in total. The number of esters is 1. The molecular weight excluding hydrogens is 267 g/mol. The molecule has 0 saturated carbocycles. The van der Waals surface area contributed by atoms with Gasteiger partial charge in [0, 0.05) is 10.0 Å². The molecule has 0 fully saturated rings. The Balaban J connectivity index is 3.09. The van der Waals surface area contributed by atoms with Crippen molar-refractivity contribution >= 4 is 21.9 Å². The average molecular weight is 277 g/mol. The molecule has 1 aromatic rings. The van der Waals surface area contributed by atoms with E-state index in [9.17, 15) is 9.18 Å². The van der Waals surface area contributed by atoms with Gasteiger partial charge in [0.05, 0.1) is 20.6 Å². The van der Waals surface area contributed by atoms with Crippen molar-refractivity contribution in [2.24, 2.45) is 0 Å². The molecule has 1 rings (SSSR count). The van der Waals surface area contributed by atoms with E-state index in [0.29, 0.717) is 10.0 Å². The van der Waals surface area contributed by atoms with Crippen molar-refractivity contribution in [2.75, 3.05) is 14.2 Å². The second-order valence-corrected chi connectivity index (χ2v) is 3.75. The first-order valence-electron chi connectivity index (χ1n) is 4.17. The highest BCUT2D eigenvalue weighted by Crippen LogP contribution is 2.27. The monoisotopic (exact) mass is 276 g/mol. The first-order valence-corrected chi connectivity index (χ1v) is 4.96. The zero-order valence-corrected chi connectivity index (χ0v) is 9.93. The number of methoxy groups -OCH3 is 2. The fourth-order valence-corrected chi connectivity index (χ4v) is 1.68. The van der Waals surface area contributed by atoms with Gasteiger partial charge in [-0.25, -0.2) is 4.39 Å². The fraction of sp³-hybridized carbons (Fsp3) is 0.300. The quantitative estimate of drug-likeness (QED) is 0.795. The number of benzene rings is 1. The van der Waals surface area contributed by atoms with Crippen molar-refractivity contribution in [1.82, 2.24) is 0 Å². The number of carbonyl (C=O) groups excluding carboxylic acids is 1.